The first kappa shape index (κ1) is 25.5. The zero-order valence-electron chi connectivity index (χ0n) is 21.2. The molecule has 1 saturated carbocycles. The molecule has 0 spiro atoms. The van der Waals surface area contributed by atoms with Gasteiger partial charge in [-0.25, -0.2) is 4.79 Å². The zero-order chi connectivity index (χ0) is 26.5. The molecule has 3 aromatic rings. The highest BCUT2D eigenvalue weighted by molar-refractivity contribution is 5.83. The van der Waals surface area contributed by atoms with E-state index in [1.54, 1.807) is 0 Å². The Labute approximate surface area is 222 Å². The number of fused-ring (bicyclic) bond motifs is 3. The van der Waals surface area contributed by atoms with Crippen LogP contribution in [0.25, 0.3) is 11.1 Å². The predicted octanol–water partition coefficient (Wildman–Crippen LogP) is 5.20. The van der Waals surface area contributed by atoms with E-state index in [9.17, 15) is 19.5 Å². The molecule has 0 aliphatic heterocycles. The number of nitrogens with zero attached hydrogens (tertiary/aromatic N) is 1. The average molecular weight is 513 g/mol. The van der Waals surface area contributed by atoms with Crippen LogP contribution in [-0.4, -0.2) is 47.2 Å². The second-order valence-electron chi connectivity index (χ2n) is 10.1. The average Bonchev–Trinajstić information content (AvgIpc) is 3.25. The zero-order valence-corrected chi connectivity index (χ0v) is 21.2. The van der Waals surface area contributed by atoms with Crippen LogP contribution in [0, 0.1) is 5.92 Å². The molecule has 2 aliphatic rings. The summed E-state index contributed by atoms with van der Waals surface area (Å²) in [6, 6.07) is 25.6. The molecule has 2 N–H and O–H groups in total. The van der Waals surface area contributed by atoms with Crippen LogP contribution in [0.2, 0.25) is 0 Å². The van der Waals surface area contributed by atoms with Crippen LogP contribution in [0.4, 0.5) is 4.79 Å². The number of hydrogen-bond donors (Lipinski definition) is 2. The van der Waals surface area contributed by atoms with Crippen LogP contribution in [0.3, 0.4) is 0 Å². The fourth-order valence-corrected chi connectivity index (χ4v) is 5.79. The summed E-state index contributed by atoms with van der Waals surface area (Å²) in [5, 5.41) is 12.3. The summed E-state index contributed by atoms with van der Waals surface area (Å²) >= 11 is 0. The first-order valence-corrected chi connectivity index (χ1v) is 13.2. The third-order valence-electron chi connectivity index (χ3n) is 7.54. The first-order valence-electron chi connectivity index (χ1n) is 13.2. The van der Waals surface area contributed by atoms with Gasteiger partial charge in [-0.1, -0.05) is 85.3 Å². The number of amides is 2. The van der Waals surface area contributed by atoms with Crippen LogP contribution >= 0.6 is 0 Å². The number of nitrogens with one attached hydrogen (secondary N) is 1. The maximum atomic E-state index is 13.3. The van der Waals surface area contributed by atoms with Crippen molar-refractivity contribution in [3.63, 3.8) is 0 Å². The van der Waals surface area contributed by atoms with Gasteiger partial charge in [-0.3, -0.25) is 9.59 Å². The molecule has 7 heteroatoms. The molecule has 0 saturated heterocycles. The van der Waals surface area contributed by atoms with Gasteiger partial charge < -0.3 is 20.1 Å². The normalized spacial score (nSPS) is 18.2. The van der Waals surface area contributed by atoms with Crippen LogP contribution in [0.15, 0.2) is 78.9 Å². The van der Waals surface area contributed by atoms with Crippen molar-refractivity contribution in [2.75, 3.05) is 13.2 Å². The van der Waals surface area contributed by atoms with Crippen molar-refractivity contribution in [2.24, 2.45) is 5.92 Å². The Morgan fingerprint density at radius 2 is 1.50 bits per heavy atom. The van der Waals surface area contributed by atoms with E-state index in [4.69, 9.17) is 4.74 Å². The molecule has 2 aliphatic carbocycles. The lowest BCUT2D eigenvalue weighted by Gasteiger charge is -2.32. The van der Waals surface area contributed by atoms with Crippen molar-refractivity contribution in [1.29, 1.82) is 0 Å². The number of rotatable bonds is 8. The third kappa shape index (κ3) is 5.72. The second kappa shape index (κ2) is 11.5. The minimum Gasteiger partial charge on any atom is -0.480 e. The van der Waals surface area contributed by atoms with Gasteiger partial charge in [0.05, 0.1) is 0 Å². The molecule has 0 radical (unpaired) electrons. The number of ether oxygens (including phenoxy) is 1. The summed E-state index contributed by atoms with van der Waals surface area (Å²) in [6.07, 6.45) is 2.18. The highest BCUT2D eigenvalue weighted by Crippen LogP contribution is 2.44. The number of carboxylic acids is 1. The molecule has 196 valence electrons. The van der Waals surface area contributed by atoms with Gasteiger partial charge in [0.15, 0.2) is 0 Å². The summed E-state index contributed by atoms with van der Waals surface area (Å²) < 4.78 is 5.69. The van der Waals surface area contributed by atoms with E-state index in [-0.39, 0.29) is 43.5 Å². The number of hydrogen-bond acceptors (Lipinski definition) is 4. The van der Waals surface area contributed by atoms with Crippen LogP contribution in [-0.2, 0) is 20.9 Å². The summed E-state index contributed by atoms with van der Waals surface area (Å²) in [6.45, 7) is 0.125. The van der Waals surface area contributed by atoms with Crippen molar-refractivity contribution >= 4 is 18.0 Å². The van der Waals surface area contributed by atoms with E-state index in [1.807, 2.05) is 54.6 Å². The molecule has 0 heterocycles. The van der Waals surface area contributed by atoms with Crippen molar-refractivity contribution < 1.29 is 24.2 Å². The number of benzene rings is 3. The highest BCUT2D eigenvalue weighted by atomic mass is 16.5. The Morgan fingerprint density at radius 3 is 2.16 bits per heavy atom. The minimum atomic E-state index is -1.04. The van der Waals surface area contributed by atoms with E-state index in [1.165, 1.54) is 16.0 Å². The number of carbonyl (C=O) groups is 3. The molecule has 38 heavy (non-hydrogen) atoms. The number of aliphatic carboxylic acids is 1. The van der Waals surface area contributed by atoms with Gasteiger partial charge >= 0.3 is 12.1 Å². The summed E-state index contributed by atoms with van der Waals surface area (Å²) in [5.74, 6) is -1.59. The summed E-state index contributed by atoms with van der Waals surface area (Å²) in [5.41, 5.74) is 5.54. The van der Waals surface area contributed by atoms with Gasteiger partial charge in [-0.05, 0) is 47.1 Å². The van der Waals surface area contributed by atoms with E-state index < -0.39 is 12.1 Å². The SMILES string of the molecule is O=C(O)CN(Cc1ccccc1)C(=O)[C@@H]1CCC[C@@H](NC(=O)OCC2c3ccccc3-c3ccccc32)C1. The fraction of sp³-hybridized carbons (Fsp3) is 0.323. The van der Waals surface area contributed by atoms with Crippen molar-refractivity contribution in [1.82, 2.24) is 10.2 Å². The predicted molar refractivity (Wildman–Crippen MR) is 143 cm³/mol. The lowest BCUT2D eigenvalue weighted by molar-refractivity contribution is -0.147. The van der Waals surface area contributed by atoms with Gasteiger partial charge in [-0.15, -0.1) is 0 Å². The van der Waals surface area contributed by atoms with Crippen LogP contribution in [0.5, 0.6) is 0 Å². The Balaban J connectivity index is 1.18. The second-order valence-corrected chi connectivity index (χ2v) is 10.1. The smallest absolute Gasteiger partial charge is 0.407 e. The van der Waals surface area contributed by atoms with Crippen molar-refractivity contribution in [3.8, 4) is 11.1 Å². The largest absolute Gasteiger partial charge is 0.480 e. The molecule has 2 amide bonds. The lowest BCUT2D eigenvalue weighted by Crippen LogP contribution is -2.45. The number of carbonyl (C=O) groups excluding carboxylic acids is 2. The molecule has 7 nitrogen and oxygen atoms in total. The topological polar surface area (TPSA) is 95.9 Å². The van der Waals surface area contributed by atoms with Crippen LogP contribution < -0.4 is 5.32 Å². The maximum absolute atomic E-state index is 13.3. The van der Waals surface area contributed by atoms with Gasteiger partial charge in [0.25, 0.3) is 0 Å². The van der Waals surface area contributed by atoms with Gasteiger partial charge in [0, 0.05) is 24.4 Å². The molecule has 1 fully saturated rings. The Hall–Kier alpha value is -4.13. The highest BCUT2D eigenvalue weighted by Gasteiger charge is 2.33. The van der Waals surface area contributed by atoms with Gasteiger partial charge in [0.2, 0.25) is 5.91 Å². The number of alkyl carbamates (subject to hydrolysis) is 1. The fourth-order valence-electron chi connectivity index (χ4n) is 5.79. The molecule has 0 unspecified atom stereocenters. The first-order chi connectivity index (χ1) is 18.5. The van der Waals surface area contributed by atoms with E-state index >= 15 is 0 Å². The van der Waals surface area contributed by atoms with Gasteiger partial charge in [-0.2, -0.15) is 0 Å². The molecule has 3 aromatic carbocycles. The lowest BCUT2D eigenvalue weighted by atomic mass is 9.84. The number of carboxylic acid groups (broad SMARTS) is 1. The molecular weight excluding hydrogens is 480 g/mol. The van der Waals surface area contributed by atoms with Crippen LogP contribution in [0.1, 0.15) is 48.3 Å². The molecule has 5 rings (SSSR count). The maximum Gasteiger partial charge on any atom is 0.407 e. The molecular formula is C31H32N2O5. The minimum absolute atomic E-state index is 0.0172. The van der Waals surface area contributed by atoms with Crippen molar-refractivity contribution in [3.05, 3.63) is 95.6 Å². The van der Waals surface area contributed by atoms with Crippen molar-refractivity contribution in [2.45, 2.75) is 44.2 Å². The molecule has 0 bridgehead atoms. The Bertz CT molecular complexity index is 1260. The third-order valence-corrected chi connectivity index (χ3v) is 7.54. The van der Waals surface area contributed by atoms with E-state index in [0.29, 0.717) is 12.8 Å². The van der Waals surface area contributed by atoms with Gasteiger partial charge in [0.1, 0.15) is 13.2 Å². The van der Waals surface area contributed by atoms with E-state index in [2.05, 4.69) is 29.6 Å². The standard InChI is InChI=1S/C31H32N2O5/c34-29(35)19-33(18-21-9-2-1-3-10-21)30(36)22-11-8-12-23(17-22)32-31(37)38-20-28-26-15-6-4-13-24(26)25-14-5-7-16-27(25)28/h1-7,9-10,13-16,22-23,28H,8,11-12,17-20H2,(H,32,37)(H,34,35)/t22-,23-/m1/s1. The molecule has 0 aromatic heterocycles. The Kier molecular flexibility index (Phi) is 7.73. The molecule has 2 atom stereocenters. The monoisotopic (exact) mass is 512 g/mol. The summed E-state index contributed by atoms with van der Waals surface area (Å²) in [4.78, 5) is 39.0. The summed E-state index contributed by atoms with van der Waals surface area (Å²) in [7, 11) is 0. The quantitative estimate of drug-likeness (QED) is 0.433. The van der Waals surface area contributed by atoms with E-state index in [0.717, 1.165) is 29.5 Å². The Morgan fingerprint density at radius 1 is 0.868 bits per heavy atom.